The van der Waals surface area contributed by atoms with Gasteiger partial charge in [-0.15, -0.1) is 0 Å². The van der Waals surface area contributed by atoms with Crippen molar-refractivity contribution in [1.82, 2.24) is 0 Å². The maximum Gasteiger partial charge on any atom is 0.416 e. The second-order valence-corrected chi connectivity index (χ2v) is 4.30. The molecule has 0 amide bonds. The van der Waals surface area contributed by atoms with Gasteiger partial charge in [-0.25, -0.2) is 4.79 Å². The summed E-state index contributed by atoms with van der Waals surface area (Å²) in [5, 5.41) is 9.07. The van der Waals surface area contributed by atoms with Crippen molar-refractivity contribution in [2.75, 3.05) is 0 Å². The Morgan fingerprint density at radius 3 is 2.20 bits per heavy atom. The molecule has 0 saturated heterocycles. The lowest BCUT2D eigenvalue weighted by Gasteiger charge is -2.15. The van der Waals surface area contributed by atoms with Crippen molar-refractivity contribution in [3.63, 3.8) is 0 Å². The lowest BCUT2D eigenvalue weighted by atomic mass is 9.94. The highest BCUT2D eigenvalue weighted by atomic mass is 19.4. The maximum absolute atomic E-state index is 13.0. The molecule has 0 bridgehead atoms. The molecular weight excluding hydrogens is 269 g/mol. The van der Waals surface area contributed by atoms with Gasteiger partial charge in [-0.05, 0) is 29.7 Å². The summed E-state index contributed by atoms with van der Waals surface area (Å²) < 4.78 is 39.0. The van der Waals surface area contributed by atoms with Gasteiger partial charge in [0.2, 0.25) is 0 Å². The fourth-order valence-corrected chi connectivity index (χ4v) is 2.04. The molecule has 0 aromatic heterocycles. The summed E-state index contributed by atoms with van der Waals surface area (Å²) in [7, 11) is 0. The smallest absolute Gasteiger partial charge is 0.416 e. The van der Waals surface area contributed by atoms with Crippen molar-refractivity contribution in [2.24, 2.45) is 0 Å². The van der Waals surface area contributed by atoms with E-state index in [0.717, 1.165) is 12.1 Å². The topological polar surface area (TPSA) is 37.3 Å². The Hall–Kier alpha value is -2.30. The second kappa shape index (κ2) is 5.36. The number of aromatic carboxylic acids is 1. The van der Waals surface area contributed by atoms with Crippen molar-refractivity contribution in [2.45, 2.75) is 12.6 Å². The van der Waals surface area contributed by atoms with Crippen LogP contribution in [0.4, 0.5) is 13.2 Å². The van der Waals surface area contributed by atoms with Crippen LogP contribution in [0.25, 0.3) is 0 Å². The molecule has 0 aliphatic rings. The molecule has 2 rings (SSSR count). The SMILES string of the molecule is O=C(O)c1cccc(C(F)(F)F)c1Cc1ccccc1. The number of carboxylic acids is 1. The van der Waals surface area contributed by atoms with Gasteiger partial charge in [-0.2, -0.15) is 13.2 Å². The van der Waals surface area contributed by atoms with E-state index in [4.69, 9.17) is 5.11 Å². The molecule has 0 heterocycles. The molecule has 0 spiro atoms. The molecule has 0 radical (unpaired) electrons. The van der Waals surface area contributed by atoms with Crippen LogP contribution in [0, 0.1) is 0 Å². The fraction of sp³-hybridized carbons (Fsp3) is 0.133. The van der Waals surface area contributed by atoms with Crippen LogP contribution < -0.4 is 0 Å². The largest absolute Gasteiger partial charge is 0.478 e. The van der Waals surface area contributed by atoms with Crippen molar-refractivity contribution in [1.29, 1.82) is 0 Å². The van der Waals surface area contributed by atoms with E-state index in [2.05, 4.69) is 0 Å². The van der Waals surface area contributed by atoms with Crippen LogP contribution in [-0.2, 0) is 12.6 Å². The molecule has 2 aromatic carbocycles. The molecule has 0 aliphatic heterocycles. The predicted octanol–water partition coefficient (Wildman–Crippen LogP) is 3.99. The molecule has 2 aromatic rings. The summed E-state index contributed by atoms with van der Waals surface area (Å²) in [5.41, 5.74) is -0.796. The van der Waals surface area contributed by atoms with E-state index in [1.54, 1.807) is 30.3 Å². The number of carboxylic acid groups (broad SMARTS) is 1. The number of alkyl halides is 3. The highest BCUT2D eigenvalue weighted by molar-refractivity contribution is 5.90. The van der Waals surface area contributed by atoms with E-state index >= 15 is 0 Å². The van der Waals surface area contributed by atoms with Crippen LogP contribution in [0.15, 0.2) is 48.5 Å². The molecular formula is C15H11F3O2. The third-order valence-electron chi connectivity index (χ3n) is 2.94. The molecule has 104 valence electrons. The average Bonchev–Trinajstić information content (AvgIpc) is 2.38. The van der Waals surface area contributed by atoms with E-state index in [1.165, 1.54) is 6.07 Å². The third kappa shape index (κ3) is 2.99. The Labute approximate surface area is 113 Å². The number of carbonyl (C=O) groups is 1. The van der Waals surface area contributed by atoms with Crippen molar-refractivity contribution >= 4 is 5.97 Å². The fourth-order valence-electron chi connectivity index (χ4n) is 2.04. The summed E-state index contributed by atoms with van der Waals surface area (Å²) >= 11 is 0. The zero-order valence-electron chi connectivity index (χ0n) is 10.3. The first-order chi connectivity index (χ1) is 9.39. The van der Waals surface area contributed by atoms with E-state index in [0.29, 0.717) is 5.56 Å². The lowest BCUT2D eigenvalue weighted by Crippen LogP contribution is -2.14. The van der Waals surface area contributed by atoms with Crippen molar-refractivity contribution in [3.05, 3.63) is 70.8 Å². The Balaban J connectivity index is 2.56. The first-order valence-electron chi connectivity index (χ1n) is 5.86. The molecule has 0 fully saturated rings. The minimum Gasteiger partial charge on any atom is -0.478 e. The molecule has 0 unspecified atom stereocenters. The molecule has 0 saturated carbocycles. The van der Waals surface area contributed by atoms with Crippen LogP contribution in [0.3, 0.4) is 0 Å². The van der Waals surface area contributed by atoms with Gasteiger partial charge in [0.1, 0.15) is 0 Å². The molecule has 0 atom stereocenters. The molecule has 1 N–H and O–H groups in total. The minimum absolute atomic E-state index is 0.0713. The summed E-state index contributed by atoms with van der Waals surface area (Å²) in [6.07, 6.45) is -4.65. The van der Waals surface area contributed by atoms with Crippen LogP contribution in [0.5, 0.6) is 0 Å². The van der Waals surface area contributed by atoms with E-state index < -0.39 is 17.7 Å². The number of benzene rings is 2. The van der Waals surface area contributed by atoms with Crippen LogP contribution in [-0.4, -0.2) is 11.1 Å². The van der Waals surface area contributed by atoms with Crippen LogP contribution in [0.2, 0.25) is 0 Å². The van der Waals surface area contributed by atoms with Gasteiger partial charge in [0.05, 0.1) is 11.1 Å². The highest BCUT2D eigenvalue weighted by Gasteiger charge is 2.34. The quantitative estimate of drug-likeness (QED) is 0.922. The van der Waals surface area contributed by atoms with Crippen molar-refractivity contribution < 1.29 is 23.1 Å². The number of hydrogen-bond donors (Lipinski definition) is 1. The first kappa shape index (κ1) is 14.1. The minimum atomic E-state index is -4.57. The van der Waals surface area contributed by atoms with Crippen LogP contribution >= 0.6 is 0 Å². The summed E-state index contributed by atoms with van der Waals surface area (Å²) in [6.45, 7) is 0. The van der Waals surface area contributed by atoms with Gasteiger partial charge in [0.25, 0.3) is 0 Å². The number of halogens is 3. The molecule has 0 aliphatic carbocycles. The van der Waals surface area contributed by atoms with Crippen molar-refractivity contribution in [3.8, 4) is 0 Å². The molecule has 2 nitrogen and oxygen atoms in total. The first-order valence-corrected chi connectivity index (χ1v) is 5.86. The normalized spacial score (nSPS) is 11.3. The zero-order valence-corrected chi connectivity index (χ0v) is 10.3. The second-order valence-electron chi connectivity index (χ2n) is 4.30. The Morgan fingerprint density at radius 1 is 1.00 bits per heavy atom. The molecule has 20 heavy (non-hydrogen) atoms. The Kier molecular flexibility index (Phi) is 3.79. The van der Waals surface area contributed by atoms with Gasteiger partial charge in [-0.3, -0.25) is 0 Å². The van der Waals surface area contributed by atoms with Gasteiger partial charge >= 0.3 is 12.1 Å². The van der Waals surface area contributed by atoms with Gasteiger partial charge < -0.3 is 5.11 Å². The Morgan fingerprint density at radius 2 is 1.65 bits per heavy atom. The monoisotopic (exact) mass is 280 g/mol. The maximum atomic E-state index is 13.0. The van der Waals surface area contributed by atoms with Gasteiger partial charge in [0, 0.05) is 0 Å². The Bertz CT molecular complexity index is 619. The number of rotatable bonds is 3. The van der Waals surface area contributed by atoms with Gasteiger partial charge in [-0.1, -0.05) is 36.4 Å². The predicted molar refractivity (Wildman–Crippen MR) is 67.7 cm³/mol. The van der Waals surface area contributed by atoms with E-state index in [-0.39, 0.29) is 17.5 Å². The number of hydrogen-bond acceptors (Lipinski definition) is 1. The zero-order chi connectivity index (χ0) is 14.8. The summed E-state index contributed by atoms with van der Waals surface area (Å²) in [5.74, 6) is -1.36. The van der Waals surface area contributed by atoms with Crippen LogP contribution in [0.1, 0.15) is 27.0 Å². The average molecular weight is 280 g/mol. The summed E-state index contributed by atoms with van der Waals surface area (Å²) in [4.78, 5) is 11.1. The lowest BCUT2D eigenvalue weighted by molar-refractivity contribution is -0.138. The third-order valence-corrected chi connectivity index (χ3v) is 2.94. The molecule has 5 heteroatoms. The standard InChI is InChI=1S/C15H11F3O2/c16-15(17,18)13-8-4-7-11(14(19)20)12(13)9-10-5-2-1-3-6-10/h1-8H,9H2,(H,19,20). The highest BCUT2D eigenvalue weighted by Crippen LogP contribution is 2.34. The van der Waals surface area contributed by atoms with E-state index in [1.807, 2.05) is 0 Å². The van der Waals surface area contributed by atoms with E-state index in [9.17, 15) is 18.0 Å². The van der Waals surface area contributed by atoms with Gasteiger partial charge in [0.15, 0.2) is 0 Å². The summed E-state index contributed by atoms with van der Waals surface area (Å²) in [6, 6.07) is 11.7.